The Kier molecular flexibility index (Phi) is 12.1. The second-order valence-corrected chi connectivity index (χ2v) is 18.6. The molecule has 0 bridgehead atoms. The summed E-state index contributed by atoms with van der Waals surface area (Å²) in [6.45, 7) is 0. The summed E-state index contributed by atoms with van der Waals surface area (Å²) in [5.74, 6) is -2.04. The highest BCUT2D eigenvalue weighted by Crippen LogP contribution is 2.44. The Balaban J connectivity index is 1.35. The zero-order valence-electron chi connectivity index (χ0n) is 32.2. The van der Waals surface area contributed by atoms with Crippen molar-refractivity contribution in [2.24, 2.45) is 20.5 Å². The number of nitrogens with zero attached hydrogens (tertiary/aromatic N) is 4. The normalized spacial score (nSPS) is 12.6. The number of phenols is 2. The number of carbonyl (C=O) groups is 1. The molecule has 0 heterocycles. The van der Waals surface area contributed by atoms with Crippen molar-refractivity contribution in [3.05, 3.63) is 72.8 Å². The van der Waals surface area contributed by atoms with Gasteiger partial charge in [0.15, 0.2) is 0 Å². The number of amides is 2. The van der Waals surface area contributed by atoms with Gasteiger partial charge in [-0.15, -0.1) is 20.5 Å². The SMILES string of the molecule is COc1cc(N=Nc2c(N)ccc3cc(S(=O)(=O)O)cc(O)c23)c(S(=O)(=O)O)cc1NC(=O)Nc1cc(S(=O)(=O)O)c(N=Nc2c(N)ccc3cc(S(=O)(=O)O)cc(O)c23)cc1OC. The van der Waals surface area contributed by atoms with Crippen LogP contribution in [-0.4, -0.2) is 82.3 Å². The number of aromatic hydroxyl groups is 2. The van der Waals surface area contributed by atoms with Crippen LogP contribution >= 0.6 is 0 Å². The van der Waals surface area contributed by atoms with Crippen LogP contribution in [0.4, 0.5) is 50.3 Å². The molecular weight excluding hydrogens is 933 g/mol. The number of phenolic OH excluding ortho intramolecular Hbond substituents is 2. The molecule has 0 radical (unpaired) electrons. The summed E-state index contributed by atoms with van der Waals surface area (Å²) in [4.78, 5) is 10.1. The number of hydrogen-bond donors (Lipinski definition) is 10. The third-order valence-corrected chi connectivity index (χ3v) is 12.3. The molecule has 29 heteroatoms. The van der Waals surface area contributed by atoms with Crippen molar-refractivity contribution in [1.82, 2.24) is 0 Å². The standard InChI is InChI=1S/C35H30N8O17S4/c1-59-27-11-23(40-42-33-19(36)5-3-15-7-17(61(47,48)49)9-25(44)31(15)33)29(63(53,54)55)13-21(27)38-35(46)39-22-14-30(64(56,57)58)24(12-28(22)60-2)41-43-34-20(37)6-4-16-8-18(62(50,51)52)10-26(45)32(16)34/h3-14,44-45H,36-37H2,1-2H3,(H2,38,39,46)(H,47,48,49)(H,50,51,52)(H,53,54,55)(H,56,57,58). The van der Waals surface area contributed by atoms with Crippen LogP contribution in [0.3, 0.4) is 0 Å². The quantitative estimate of drug-likeness (QED) is 0.0379. The summed E-state index contributed by atoms with van der Waals surface area (Å²) >= 11 is 0. The number of fused-ring (bicyclic) bond motifs is 2. The van der Waals surface area contributed by atoms with Crippen LogP contribution in [0.15, 0.2) is 113 Å². The summed E-state index contributed by atoms with van der Waals surface area (Å²) in [6.07, 6.45) is 0. The van der Waals surface area contributed by atoms with Gasteiger partial charge in [-0.2, -0.15) is 33.7 Å². The number of nitrogen functional groups attached to an aromatic ring is 2. The minimum atomic E-state index is -5.20. The third kappa shape index (κ3) is 9.54. The number of rotatable bonds is 12. The fourth-order valence-electron chi connectivity index (χ4n) is 6.03. The number of hydrogen-bond acceptors (Lipinski definition) is 19. The van der Waals surface area contributed by atoms with Gasteiger partial charge < -0.3 is 41.8 Å². The fourth-order valence-corrected chi connectivity index (χ4v) is 8.36. The summed E-state index contributed by atoms with van der Waals surface area (Å²) in [7, 11) is -17.7. The summed E-state index contributed by atoms with van der Waals surface area (Å²) in [6, 6.07) is 10.5. The van der Waals surface area contributed by atoms with Crippen LogP contribution in [0.5, 0.6) is 23.0 Å². The first-order valence-corrected chi connectivity index (χ1v) is 22.8. The number of ether oxygens (including phenoxy) is 2. The summed E-state index contributed by atoms with van der Waals surface area (Å²) in [5, 5.41) is 41.0. The lowest BCUT2D eigenvalue weighted by molar-refractivity contribution is 0.262. The van der Waals surface area contributed by atoms with Crippen molar-refractivity contribution < 1.29 is 76.4 Å². The molecule has 64 heavy (non-hydrogen) atoms. The molecule has 12 N–H and O–H groups in total. The minimum absolute atomic E-state index is 0.0155. The lowest BCUT2D eigenvalue weighted by atomic mass is 10.1. The number of methoxy groups -OCH3 is 2. The lowest BCUT2D eigenvalue weighted by Crippen LogP contribution is -2.21. The topological polar surface area (TPSA) is 419 Å². The zero-order chi connectivity index (χ0) is 47.3. The van der Waals surface area contributed by atoms with E-state index < -0.39 is 100 Å². The van der Waals surface area contributed by atoms with Gasteiger partial charge in [-0.1, -0.05) is 12.1 Å². The van der Waals surface area contributed by atoms with E-state index in [-0.39, 0.29) is 55.8 Å². The number of nitrogens with two attached hydrogens (primary N) is 2. The molecule has 0 spiro atoms. The molecule has 0 saturated heterocycles. The van der Waals surface area contributed by atoms with Gasteiger partial charge in [0.05, 0.1) is 57.5 Å². The van der Waals surface area contributed by atoms with Crippen molar-refractivity contribution in [3.63, 3.8) is 0 Å². The number of urea groups is 1. The van der Waals surface area contributed by atoms with Gasteiger partial charge in [-0.25, -0.2) is 4.79 Å². The number of nitrogens with one attached hydrogen (secondary N) is 2. The third-order valence-electron chi connectivity index (χ3n) is 8.87. The first-order chi connectivity index (χ1) is 29.7. The zero-order valence-corrected chi connectivity index (χ0v) is 35.4. The molecular formula is C35H30N8O17S4. The molecule has 6 aromatic carbocycles. The van der Waals surface area contributed by atoms with Gasteiger partial charge in [-0.3, -0.25) is 18.2 Å². The van der Waals surface area contributed by atoms with Crippen molar-refractivity contribution in [3.8, 4) is 23.0 Å². The predicted octanol–water partition coefficient (Wildman–Crippen LogP) is 6.05. The predicted molar refractivity (Wildman–Crippen MR) is 226 cm³/mol. The molecule has 0 aliphatic rings. The van der Waals surface area contributed by atoms with E-state index in [1.165, 1.54) is 24.3 Å². The van der Waals surface area contributed by atoms with Crippen LogP contribution in [0.25, 0.3) is 21.5 Å². The van der Waals surface area contributed by atoms with Gasteiger partial charge in [-0.05, 0) is 47.2 Å². The fraction of sp³-hybridized carbons (Fsp3) is 0.0571. The second kappa shape index (κ2) is 16.8. The van der Waals surface area contributed by atoms with E-state index in [4.69, 9.17) is 20.9 Å². The molecule has 0 fully saturated rings. The Morgan fingerprint density at radius 2 is 0.891 bits per heavy atom. The van der Waals surface area contributed by atoms with Gasteiger partial charge in [0.1, 0.15) is 55.5 Å². The van der Waals surface area contributed by atoms with Crippen LogP contribution in [-0.2, 0) is 40.5 Å². The molecule has 0 aliphatic carbocycles. The maximum Gasteiger partial charge on any atom is 0.323 e. The van der Waals surface area contributed by atoms with E-state index in [0.717, 1.165) is 38.5 Å². The number of azo groups is 2. The van der Waals surface area contributed by atoms with E-state index in [1.54, 1.807) is 0 Å². The smallest absolute Gasteiger partial charge is 0.323 e. The molecule has 0 atom stereocenters. The molecule has 25 nitrogen and oxygen atoms in total. The van der Waals surface area contributed by atoms with Crippen LogP contribution in [0, 0.1) is 0 Å². The molecule has 336 valence electrons. The van der Waals surface area contributed by atoms with E-state index in [0.29, 0.717) is 24.3 Å². The monoisotopic (exact) mass is 962 g/mol. The van der Waals surface area contributed by atoms with E-state index in [9.17, 15) is 66.9 Å². The highest BCUT2D eigenvalue weighted by Gasteiger charge is 2.25. The van der Waals surface area contributed by atoms with Crippen molar-refractivity contribution in [2.75, 3.05) is 36.3 Å². The Hall–Kier alpha value is -7.25. The van der Waals surface area contributed by atoms with Crippen LogP contribution in [0.2, 0.25) is 0 Å². The molecule has 6 aromatic rings. The molecule has 0 aromatic heterocycles. The van der Waals surface area contributed by atoms with E-state index >= 15 is 0 Å². The molecule has 6 rings (SSSR count). The van der Waals surface area contributed by atoms with Gasteiger partial charge in [0, 0.05) is 24.3 Å². The first-order valence-electron chi connectivity index (χ1n) is 17.1. The van der Waals surface area contributed by atoms with Gasteiger partial charge in [0.2, 0.25) is 0 Å². The average molecular weight is 963 g/mol. The van der Waals surface area contributed by atoms with Crippen molar-refractivity contribution in [1.29, 1.82) is 0 Å². The van der Waals surface area contributed by atoms with E-state index in [1.807, 2.05) is 0 Å². The molecule has 2 amide bonds. The number of benzene rings is 6. The Labute approximate surface area is 360 Å². The Morgan fingerprint density at radius 3 is 1.20 bits per heavy atom. The largest absolute Gasteiger partial charge is 0.507 e. The average Bonchev–Trinajstić information content (AvgIpc) is 3.18. The first kappa shape index (κ1) is 46.3. The van der Waals surface area contributed by atoms with Crippen LogP contribution in [0.1, 0.15) is 0 Å². The maximum absolute atomic E-state index is 13.4. The summed E-state index contributed by atoms with van der Waals surface area (Å²) in [5.41, 5.74) is 9.10. The van der Waals surface area contributed by atoms with Crippen LogP contribution < -0.4 is 31.6 Å². The number of carbonyl (C=O) groups excluding carboxylic acids is 1. The van der Waals surface area contributed by atoms with Gasteiger partial charge in [0.25, 0.3) is 40.5 Å². The molecule has 0 saturated carbocycles. The highest BCUT2D eigenvalue weighted by molar-refractivity contribution is 7.86. The second-order valence-electron chi connectivity index (χ2n) is 13.0. The van der Waals surface area contributed by atoms with Gasteiger partial charge >= 0.3 is 6.03 Å². The summed E-state index contributed by atoms with van der Waals surface area (Å²) < 4.78 is 147. The molecule has 0 aliphatic heterocycles. The van der Waals surface area contributed by atoms with Crippen molar-refractivity contribution >= 4 is 114 Å². The molecule has 0 unspecified atom stereocenters. The maximum atomic E-state index is 13.4. The minimum Gasteiger partial charge on any atom is -0.507 e. The Morgan fingerprint density at radius 1 is 0.531 bits per heavy atom. The lowest BCUT2D eigenvalue weighted by Gasteiger charge is -2.16. The highest BCUT2D eigenvalue weighted by atomic mass is 32.2. The Bertz CT molecular complexity index is 3270. The van der Waals surface area contributed by atoms with E-state index in [2.05, 4.69) is 31.1 Å². The number of anilines is 4. The van der Waals surface area contributed by atoms with Crippen molar-refractivity contribution in [2.45, 2.75) is 19.6 Å².